The van der Waals surface area contributed by atoms with Gasteiger partial charge in [-0.3, -0.25) is 10.0 Å². The van der Waals surface area contributed by atoms with Crippen LogP contribution >= 0.6 is 0 Å². The molecule has 2 aromatic carbocycles. The Bertz CT molecular complexity index is 790. The Morgan fingerprint density at radius 3 is 2.25 bits per heavy atom. The summed E-state index contributed by atoms with van der Waals surface area (Å²) >= 11 is 0. The van der Waals surface area contributed by atoms with Gasteiger partial charge >= 0.3 is 0 Å². The number of carbonyl (C=O) groups is 1. The molecule has 0 aliphatic heterocycles. The Morgan fingerprint density at radius 1 is 1.00 bits per heavy atom. The van der Waals surface area contributed by atoms with Crippen molar-refractivity contribution < 1.29 is 10.0 Å². The van der Waals surface area contributed by atoms with E-state index in [4.69, 9.17) is 5.21 Å². The minimum Gasteiger partial charge on any atom is -0.288 e. The molecule has 6 rings (SSSR count). The van der Waals surface area contributed by atoms with E-state index >= 15 is 0 Å². The summed E-state index contributed by atoms with van der Waals surface area (Å²) in [7, 11) is 0. The summed E-state index contributed by atoms with van der Waals surface area (Å²) in [5.41, 5.74) is 3.96. The topological polar surface area (TPSA) is 49.3 Å². The van der Waals surface area contributed by atoms with E-state index in [0.717, 1.165) is 23.1 Å². The molecule has 4 bridgehead atoms. The van der Waals surface area contributed by atoms with Crippen LogP contribution in [0, 0.1) is 17.8 Å². The van der Waals surface area contributed by atoms with Gasteiger partial charge in [0.1, 0.15) is 0 Å². The van der Waals surface area contributed by atoms with Crippen LogP contribution < -0.4 is 5.48 Å². The van der Waals surface area contributed by atoms with Crippen LogP contribution in [0.5, 0.6) is 0 Å². The first-order chi connectivity index (χ1) is 11.7. The second-order valence-corrected chi connectivity index (χ2v) is 8.38. The van der Waals surface area contributed by atoms with Crippen molar-refractivity contribution in [3.63, 3.8) is 0 Å². The summed E-state index contributed by atoms with van der Waals surface area (Å²) in [6, 6.07) is 12.3. The number of rotatable bonds is 2. The van der Waals surface area contributed by atoms with E-state index in [9.17, 15) is 4.79 Å². The van der Waals surface area contributed by atoms with E-state index in [1.165, 1.54) is 49.5 Å². The van der Waals surface area contributed by atoms with E-state index in [1.54, 1.807) is 0 Å². The molecule has 0 unspecified atom stereocenters. The number of carbonyl (C=O) groups excluding carboxylic acids is 1. The van der Waals surface area contributed by atoms with Gasteiger partial charge in [-0.25, -0.2) is 5.48 Å². The fourth-order valence-electron chi connectivity index (χ4n) is 6.39. The second kappa shape index (κ2) is 5.06. The highest BCUT2D eigenvalue weighted by Crippen LogP contribution is 2.61. The van der Waals surface area contributed by atoms with Gasteiger partial charge in [-0.15, -0.1) is 0 Å². The van der Waals surface area contributed by atoms with Gasteiger partial charge in [0.05, 0.1) is 0 Å². The standard InChI is InChI=1S/C21H23NO2/c23-20(22-24)17-8-16-3-1-2-4-18(16)19(9-17)21-10-13-5-14(11-21)7-15(6-13)12-21/h1-4,8-9,13-15,24H,5-7,10-12H2,(H,22,23). The Kier molecular flexibility index (Phi) is 3.05. The van der Waals surface area contributed by atoms with Gasteiger partial charge in [0.25, 0.3) is 5.91 Å². The quantitative estimate of drug-likeness (QED) is 0.635. The average Bonchev–Trinajstić information content (AvgIpc) is 2.59. The van der Waals surface area contributed by atoms with Crippen molar-refractivity contribution in [2.75, 3.05) is 0 Å². The highest BCUT2D eigenvalue weighted by atomic mass is 16.5. The highest BCUT2D eigenvalue weighted by Gasteiger charge is 2.52. The molecule has 4 aliphatic carbocycles. The third-order valence-electron chi connectivity index (χ3n) is 6.84. The molecule has 4 aliphatic rings. The SMILES string of the molecule is O=C(NO)c1cc(C23CC4CC(CC(C4)C2)C3)c2ccccc2c1. The zero-order chi connectivity index (χ0) is 16.3. The predicted molar refractivity (Wildman–Crippen MR) is 93.1 cm³/mol. The van der Waals surface area contributed by atoms with Gasteiger partial charge in [0, 0.05) is 5.56 Å². The van der Waals surface area contributed by atoms with E-state index in [0.29, 0.717) is 5.56 Å². The lowest BCUT2D eigenvalue weighted by Gasteiger charge is -2.57. The Hall–Kier alpha value is -1.87. The summed E-state index contributed by atoms with van der Waals surface area (Å²) < 4.78 is 0. The van der Waals surface area contributed by atoms with Crippen LogP contribution in [0.15, 0.2) is 36.4 Å². The molecule has 2 aromatic rings. The molecule has 0 saturated heterocycles. The molecule has 0 heterocycles. The minimum absolute atomic E-state index is 0.236. The van der Waals surface area contributed by atoms with Gasteiger partial charge in [0.2, 0.25) is 0 Å². The van der Waals surface area contributed by atoms with Crippen molar-refractivity contribution in [2.45, 2.75) is 43.9 Å². The Balaban J connectivity index is 1.72. The zero-order valence-electron chi connectivity index (χ0n) is 13.8. The molecular weight excluding hydrogens is 298 g/mol. The van der Waals surface area contributed by atoms with Gasteiger partial charge < -0.3 is 0 Å². The number of fused-ring (bicyclic) bond motifs is 1. The number of amides is 1. The van der Waals surface area contributed by atoms with E-state index in [-0.39, 0.29) is 5.41 Å². The average molecular weight is 321 g/mol. The lowest BCUT2D eigenvalue weighted by Crippen LogP contribution is -2.48. The molecule has 1 amide bonds. The summed E-state index contributed by atoms with van der Waals surface area (Å²) in [6.45, 7) is 0. The molecule has 0 spiro atoms. The molecule has 24 heavy (non-hydrogen) atoms. The number of benzene rings is 2. The smallest absolute Gasteiger partial charge is 0.274 e. The summed E-state index contributed by atoms with van der Waals surface area (Å²) in [5.74, 6) is 2.19. The van der Waals surface area contributed by atoms with Crippen molar-refractivity contribution in [3.8, 4) is 0 Å². The summed E-state index contributed by atoms with van der Waals surface area (Å²) in [6.07, 6.45) is 8.05. The monoisotopic (exact) mass is 321 g/mol. The molecule has 0 atom stereocenters. The molecule has 124 valence electrons. The van der Waals surface area contributed by atoms with Crippen molar-refractivity contribution in [3.05, 3.63) is 47.5 Å². The van der Waals surface area contributed by atoms with Crippen LogP contribution in [0.2, 0.25) is 0 Å². The molecule has 4 saturated carbocycles. The molecule has 3 heteroatoms. The molecule has 3 nitrogen and oxygen atoms in total. The maximum absolute atomic E-state index is 12.1. The van der Waals surface area contributed by atoms with Crippen LogP contribution in [0.1, 0.15) is 54.4 Å². The third-order valence-corrected chi connectivity index (χ3v) is 6.84. The first-order valence-electron chi connectivity index (χ1n) is 9.14. The van der Waals surface area contributed by atoms with E-state index < -0.39 is 5.91 Å². The van der Waals surface area contributed by atoms with Crippen molar-refractivity contribution in [2.24, 2.45) is 17.8 Å². The number of hydroxylamine groups is 1. The van der Waals surface area contributed by atoms with Crippen molar-refractivity contribution in [1.82, 2.24) is 5.48 Å². The van der Waals surface area contributed by atoms with E-state index in [2.05, 4.69) is 24.3 Å². The molecule has 4 fully saturated rings. The summed E-state index contributed by atoms with van der Waals surface area (Å²) in [4.78, 5) is 12.1. The van der Waals surface area contributed by atoms with Crippen molar-refractivity contribution in [1.29, 1.82) is 0 Å². The molecule has 2 N–H and O–H groups in total. The zero-order valence-corrected chi connectivity index (χ0v) is 13.8. The highest BCUT2D eigenvalue weighted by molar-refractivity contribution is 5.99. The fraction of sp³-hybridized carbons (Fsp3) is 0.476. The van der Waals surface area contributed by atoms with Crippen LogP contribution in [-0.4, -0.2) is 11.1 Å². The number of hydrogen-bond acceptors (Lipinski definition) is 2. The Labute approximate surface area is 142 Å². The molecular formula is C21H23NO2. The first kappa shape index (κ1) is 14.5. The Morgan fingerprint density at radius 2 is 1.62 bits per heavy atom. The minimum atomic E-state index is -0.410. The molecule has 0 aromatic heterocycles. The van der Waals surface area contributed by atoms with Gasteiger partial charge in [0.15, 0.2) is 0 Å². The van der Waals surface area contributed by atoms with Gasteiger partial charge in [-0.05, 0) is 90.2 Å². The van der Waals surface area contributed by atoms with Gasteiger partial charge in [-0.2, -0.15) is 0 Å². The lowest BCUT2D eigenvalue weighted by atomic mass is 9.47. The van der Waals surface area contributed by atoms with Crippen LogP contribution in [-0.2, 0) is 5.41 Å². The molecule has 0 radical (unpaired) electrons. The lowest BCUT2D eigenvalue weighted by molar-refractivity contribution is -0.00452. The number of nitrogens with one attached hydrogen (secondary N) is 1. The maximum atomic E-state index is 12.1. The maximum Gasteiger partial charge on any atom is 0.274 e. The fourth-order valence-corrected chi connectivity index (χ4v) is 6.39. The summed E-state index contributed by atoms with van der Waals surface area (Å²) in [5, 5.41) is 11.5. The predicted octanol–water partition coefficient (Wildman–Crippen LogP) is 4.43. The first-order valence-corrected chi connectivity index (χ1v) is 9.14. The number of hydrogen-bond donors (Lipinski definition) is 2. The van der Waals surface area contributed by atoms with Crippen LogP contribution in [0.3, 0.4) is 0 Å². The third kappa shape index (κ3) is 2.04. The van der Waals surface area contributed by atoms with E-state index in [1.807, 2.05) is 17.6 Å². The second-order valence-electron chi connectivity index (χ2n) is 8.38. The van der Waals surface area contributed by atoms with Crippen molar-refractivity contribution >= 4 is 16.7 Å². The van der Waals surface area contributed by atoms with Crippen LogP contribution in [0.25, 0.3) is 10.8 Å². The van der Waals surface area contributed by atoms with Gasteiger partial charge in [-0.1, -0.05) is 24.3 Å². The largest absolute Gasteiger partial charge is 0.288 e. The normalized spacial score (nSPS) is 33.8. The van der Waals surface area contributed by atoms with Crippen LogP contribution in [0.4, 0.5) is 0 Å².